The number of aryl methyl sites for hydroxylation is 1. The molecule has 2 aromatic heterocycles. The SMILES string of the molecule is COCc1nc2ccc(N)cn2c1C.Cl.Cl. The van der Waals surface area contributed by atoms with Crippen molar-refractivity contribution in [3.05, 3.63) is 29.7 Å². The highest BCUT2D eigenvalue weighted by atomic mass is 35.5. The maximum Gasteiger partial charge on any atom is 0.137 e. The van der Waals surface area contributed by atoms with Crippen LogP contribution in [0.25, 0.3) is 5.65 Å². The number of rotatable bonds is 2. The Labute approximate surface area is 107 Å². The molecule has 0 aliphatic rings. The Bertz CT molecular complexity index is 470. The normalized spacial score (nSPS) is 9.62. The first-order valence-corrected chi connectivity index (χ1v) is 4.44. The molecule has 16 heavy (non-hydrogen) atoms. The van der Waals surface area contributed by atoms with Gasteiger partial charge in [0.25, 0.3) is 0 Å². The molecule has 0 aliphatic heterocycles. The van der Waals surface area contributed by atoms with Gasteiger partial charge in [-0.3, -0.25) is 0 Å². The van der Waals surface area contributed by atoms with Gasteiger partial charge in [-0.1, -0.05) is 0 Å². The summed E-state index contributed by atoms with van der Waals surface area (Å²) in [5.41, 5.74) is 9.37. The van der Waals surface area contributed by atoms with Crippen LogP contribution in [0.5, 0.6) is 0 Å². The third-order valence-corrected chi connectivity index (χ3v) is 2.26. The standard InChI is InChI=1S/C10H13N3O.2ClH/c1-7-9(6-14-2)12-10-4-3-8(11)5-13(7)10;;/h3-5H,6,11H2,1-2H3;2*1H. The van der Waals surface area contributed by atoms with E-state index in [1.807, 2.05) is 29.7 Å². The zero-order valence-electron chi connectivity index (χ0n) is 9.14. The second-order valence-electron chi connectivity index (χ2n) is 3.27. The molecule has 0 aromatic carbocycles. The number of anilines is 1. The summed E-state index contributed by atoms with van der Waals surface area (Å²) in [6.45, 7) is 2.54. The van der Waals surface area contributed by atoms with Gasteiger partial charge in [0.15, 0.2) is 0 Å². The van der Waals surface area contributed by atoms with Gasteiger partial charge in [-0.05, 0) is 19.1 Å². The molecule has 0 spiro atoms. The van der Waals surface area contributed by atoms with Crippen molar-refractivity contribution < 1.29 is 4.74 Å². The second kappa shape index (κ2) is 5.94. The van der Waals surface area contributed by atoms with Crippen molar-refractivity contribution in [1.29, 1.82) is 0 Å². The number of hydrogen-bond donors (Lipinski definition) is 1. The molecule has 0 saturated heterocycles. The van der Waals surface area contributed by atoms with Crippen LogP contribution in [-0.2, 0) is 11.3 Å². The van der Waals surface area contributed by atoms with Crippen molar-refractivity contribution in [3.63, 3.8) is 0 Å². The maximum absolute atomic E-state index is 5.70. The molecular formula is C10H15Cl2N3O. The lowest BCUT2D eigenvalue weighted by Crippen LogP contribution is -1.93. The number of ether oxygens (including phenoxy) is 1. The van der Waals surface area contributed by atoms with E-state index in [2.05, 4.69) is 4.98 Å². The van der Waals surface area contributed by atoms with Gasteiger partial charge >= 0.3 is 0 Å². The fourth-order valence-corrected chi connectivity index (χ4v) is 1.50. The minimum Gasteiger partial charge on any atom is -0.398 e. The average molecular weight is 264 g/mol. The van der Waals surface area contributed by atoms with E-state index >= 15 is 0 Å². The molecule has 0 unspecified atom stereocenters. The summed E-state index contributed by atoms with van der Waals surface area (Å²) in [5, 5.41) is 0. The number of imidazole rings is 1. The van der Waals surface area contributed by atoms with Crippen LogP contribution in [0.15, 0.2) is 18.3 Å². The molecule has 0 fully saturated rings. The summed E-state index contributed by atoms with van der Waals surface area (Å²) in [6, 6.07) is 3.75. The molecule has 0 atom stereocenters. The summed E-state index contributed by atoms with van der Waals surface area (Å²) in [6.07, 6.45) is 1.87. The molecule has 0 aliphatic carbocycles. The molecule has 90 valence electrons. The summed E-state index contributed by atoms with van der Waals surface area (Å²) in [5.74, 6) is 0. The van der Waals surface area contributed by atoms with Gasteiger partial charge < -0.3 is 14.9 Å². The number of hydrogen-bond acceptors (Lipinski definition) is 3. The minimum absolute atomic E-state index is 0. The Morgan fingerprint density at radius 1 is 1.38 bits per heavy atom. The lowest BCUT2D eigenvalue weighted by atomic mass is 10.3. The number of pyridine rings is 1. The topological polar surface area (TPSA) is 52.5 Å². The maximum atomic E-state index is 5.70. The molecule has 2 heterocycles. The monoisotopic (exact) mass is 263 g/mol. The number of nitrogen functional groups attached to an aromatic ring is 1. The van der Waals surface area contributed by atoms with Gasteiger partial charge in [0.1, 0.15) is 5.65 Å². The predicted molar refractivity (Wildman–Crippen MR) is 69.6 cm³/mol. The molecule has 0 radical (unpaired) electrons. The van der Waals surface area contributed by atoms with Gasteiger partial charge in [0, 0.05) is 24.7 Å². The van der Waals surface area contributed by atoms with Gasteiger partial charge in [-0.25, -0.2) is 4.98 Å². The lowest BCUT2D eigenvalue weighted by Gasteiger charge is -1.98. The Hall–Kier alpha value is -0.970. The van der Waals surface area contributed by atoms with Crippen molar-refractivity contribution in [1.82, 2.24) is 9.38 Å². The molecule has 2 aromatic rings. The van der Waals surface area contributed by atoms with Crippen LogP contribution in [0.4, 0.5) is 5.69 Å². The van der Waals surface area contributed by atoms with E-state index in [0.29, 0.717) is 6.61 Å². The van der Waals surface area contributed by atoms with Crippen molar-refractivity contribution in [2.75, 3.05) is 12.8 Å². The van der Waals surface area contributed by atoms with Crippen molar-refractivity contribution in [2.45, 2.75) is 13.5 Å². The highest BCUT2D eigenvalue weighted by Crippen LogP contribution is 2.14. The van der Waals surface area contributed by atoms with E-state index in [-0.39, 0.29) is 24.8 Å². The van der Waals surface area contributed by atoms with Crippen LogP contribution in [-0.4, -0.2) is 16.5 Å². The van der Waals surface area contributed by atoms with Crippen LogP contribution in [0.2, 0.25) is 0 Å². The van der Waals surface area contributed by atoms with E-state index in [1.54, 1.807) is 7.11 Å². The second-order valence-corrected chi connectivity index (χ2v) is 3.27. The zero-order chi connectivity index (χ0) is 10.1. The highest BCUT2D eigenvalue weighted by Gasteiger charge is 2.07. The third kappa shape index (κ3) is 2.58. The predicted octanol–water partition coefficient (Wildman–Crippen LogP) is 2.21. The van der Waals surface area contributed by atoms with Gasteiger partial charge in [-0.15, -0.1) is 24.8 Å². The summed E-state index contributed by atoms with van der Waals surface area (Å²) < 4.78 is 7.04. The number of nitrogens with two attached hydrogens (primary N) is 1. The summed E-state index contributed by atoms with van der Waals surface area (Å²) in [4.78, 5) is 4.43. The lowest BCUT2D eigenvalue weighted by molar-refractivity contribution is 0.181. The van der Waals surface area contributed by atoms with E-state index in [0.717, 1.165) is 22.7 Å². The van der Waals surface area contributed by atoms with Gasteiger partial charge in [0.05, 0.1) is 12.3 Å². The first kappa shape index (κ1) is 15.0. The van der Waals surface area contributed by atoms with E-state index < -0.39 is 0 Å². The van der Waals surface area contributed by atoms with Gasteiger partial charge in [0.2, 0.25) is 0 Å². The fraction of sp³-hybridized carbons (Fsp3) is 0.300. The number of methoxy groups -OCH3 is 1. The molecule has 0 bridgehead atoms. The molecule has 6 heteroatoms. The Morgan fingerprint density at radius 2 is 2.06 bits per heavy atom. The van der Waals surface area contributed by atoms with Crippen LogP contribution in [0, 0.1) is 6.92 Å². The number of nitrogens with zero attached hydrogens (tertiary/aromatic N) is 2. The first-order chi connectivity index (χ1) is 6.72. The van der Waals surface area contributed by atoms with Crippen LogP contribution < -0.4 is 5.73 Å². The molecule has 2 rings (SSSR count). The molecule has 4 nitrogen and oxygen atoms in total. The smallest absolute Gasteiger partial charge is 0.137 e. The largest absolute Gasteiger partial charge is 0.398 e. The van der Waals surface area contributed by atoms with E-state index in [1.165, 1.54) is 0 Å². The Morgan fingerprint density at radius 3 is 2.69 bits per heavy atom. The van der Waals surface area contributed by atoms with Crippen molar-refractivity contribution >= 4 is 36.1 Å². The van der Waals surface area contributed by atoms with Crippen molar-refractivity contribution in [2.24, 2.45) is 0 Å². The van der Waals surface area contributed by atoms with Gasteiger partial charge in [-0.2, -0.15) is 0 Å². The highest BCUT2D eigenvalue weighted by molar-refractivity contribution is 5.85. The summed E-state index contributed by atoms with van der Waals surface area (Å²) in [7, 11) is 1.66. The first-order valence-electron chi connectivity index (χ1n) is 4.44. The zero-order valence-corrected chi connectivity index (χ0v) is 10.8. The number of aromatic nitrogens is 2. The van der Waals surface area contributed by atoms with Crippen LogP contribution in [0.3, 0.4) is 0 Å². The number of halogens is 2. The molecule has 0 amide bonds. The summed E-state index contributed by atoms with van der Waals surface area (Å²) >= 11 is 0. The molecule has 0 saturated carbocycles. The molecular weight excluding hydrogens is 249 g/mol. The Balaban J connectivity index is 0.00000112. The quantitative estimate of drug-likeness (QED) is 0.904. The van der Waals surface area contributed by atoms with Crippen LogP contribution >= 0.6 is 24.8 Å². The third-order valence-electron chi connectivity index (χ3n) is 2.26. The fourth-order valence-electron chi connectivity index (χ4n) is 1.50. The van der Waals surface area contributed by atoms with Crippen LogP contribution in [0.1, 0.15) is 11.4 Å². The average Bonchev–Trinajstić information content (AvgIpc) is 2.46. The minimum atomic E-state index is 0. The molecule has 2 N–H and O–H groups in total. The van der Waals surface area contributed by atoms with E-state index in [4.69, 9.17) is 10.5 Å². The number of fused-ring (bicyclic) bond motifs is 1. The van der Waals surface area contributed by atoms with E-state index in [9.17, 15) is 0 Å². The Kier molecular flexibility index (Phi) is 5.58. The van der Waals surface area contributed by atoms with Crippen molar-refractivity contribution in [3.8, 4) is 0 Å².